The monoisotopic (exact) mass is 275 g/mol. The number of aryl methyl sites for hydroxylation is 1. The zero-order chi connectivity index (χ0) is 14.4. The van der Waals surface area contributed by atoms with Crippen LogP contribution in [0.3, 0.4) is 0 Å². The topological polar surface area (TPSA) is 64.9 Å². The Morgan fingerprint density at radius 2 is 2.20 bits per heavy atom. The molecule has 0 aliphatic rings. The molecule has 2 aromatic heterocycles. The summed E-state index contributed by atoms with van der Waals surface area (Å²) in [4.78, 5) is 12.8. The summed E-state index contributed by atoms with van der Waals surface area (Å²) in [6, 6.07) is 1.98. The average Bonchev–Trinajstić information content (AvgIpc) is 2.88. The van der Waals surface area contributed by atoms with E-state index < -0.39 is 0 Å². The van der Waals surface area contributed by atoms with Crippen molar-refractivity contribution < 1.29 is 4.74 Å². The standard InChI is InChI=1S/C14H21N5O/c1-4-5-15-11(8-13-16-6-7-19(13)2)12-9-14(20-3)18-10-17-12/h6-7,9-11,15H,4-5,8H2,1-3H3. The smallest absolute Gasteiger partial charge is 0.216 e. The van der Waals surface area contributed by atoms with Gasteiger partial charge in [-0.1, -0.05) is 6.92 Å². The Morgan fingerprint density at radius 1 is 1.35 bits per heavy atom. The molecule has 108 valence electrons. The molecule has 1 N–H and O–H groups in total. The predicted molar refractivity (Wildman–Crippen MR) is 76.5 cm³/mol. The summed E-state index contributed by atoms with van der Waals surface area (Å²) < 4.78 is 7.20. The molecule has 20 heavy (non-hydrogen) atoms. The highest BCUT2D eigenvalue weighted by Crippen LogP contribution is 2.18. The Labute approximate surface area is 119 Å². The van der Waals surface area contributed by atoms with Gasteiger partial charge in [0.1, 0.15) is 12.2 Å². The molecular formula is C14H21N5O. The van der Waals surface area contributed by atoms with Crippen molar-refractivity contribution in [2.24, 2.45) is 7.05 Å². The fraction of sp³-hybridized carbons (Fsp3) is 0.500. The molecule has 0 spiro atoms. The van der Waals surface area contributed by atoms with E-state index in [1.54, 1.807) is 7.11 Å². The molecular weight excluding hydrogens is 254 g/mol. The van der Waals surface area contributed by atoms with Crippen LogP contribution in [0.4, 0.5) is 0 Å². The maximum Gasteiger partial charge on any atom is 0.216 e. The summed E-state index contributed by atoms with van der Waals surface area (Å²) in [5.41, 5.74) is 0.924. The van der Waals surface area contributed by atoms with E-state index in [1.807, 2.05) is 30.1 Å². The van der Waals surface area contributed by atoms with Gasteiger partial charge in [-0.2, -0.15) is 0 Å². The minimum absolute atomic E-state index is 0.105. The molecule has 2 heterocycles. The lowest BCUT2D eigenvalue weighted by Crippen LogP contribution is -2.26. The van der Waals surface area contributed by atoms with Crippen LogP contribution in [0.5, 0.6) is 5.88 Å². The summed E-state index contributed by atoms with van der Waals surface area (Å²) in [5.74, 6) is 1.61. The quantitative estimate of drug-likeness (QED) is 0.829. The lowest BCUT2D eigenvalue weighted by atomic mass is 10.1. The van der Waals surface area contributed by atoms with Crippen LogP contribution in [-0.4, -0.2) is 33.2 Å². The molecule has 6 heteroatoms. The molecule has 0 saturated carbocycles. The number of imidazole rings is 1. The highest BCUT2D eigenvalue weighted by atomic mass is 16.5. The lowest BCUT2D eigenvalue weighted by molar-refractivity contribution is 0.393. The maximum atomic E-state index is 5.17. The van der Waals surface area contributed by atoms with Crippen LogP contribution in [0, 0.1) is 0 Å². The maximum absolute atomic E-state index is 5.17. The van der Waals surface area contributed by atoms with Crippen molar-refractivity contribution in [1.82, 2.24) is 24.8 Å². The Morgan fingerprint density at radius 3 is 2.85 bits per heavy atom. The third-order valence-corrected chi connectivity index (χ3v) is 3.18. The minimum Gasteiger partial charge on any atom is -0.481 e. The summed E-state index contributed by atoms with van der Waals surface area (Å²) in [7, 11) is 3.61. The first-order valence-corrected chi connectivity index (χ1v) is 6.80. The third kappa shape index (κ3) is 3.54. The molecule has 0 aromatic carbocycles. The van der Waals surface area contributed by atoms with Crippen LogP contribution in [-0.2, 0) is 13.5 Å². The van der Waals surface area contributed by atoms with Gasteiger partial charge in [-0.15, -0.1) is 0 Å². The second-order valence-electron chi connectivity index (χ2n) is 4.65. The van der Waals surface area contributed by atoms with Crippen molar-refractivity contribution in [2.75, 3.05) is 13.7 Å². The molecule has 1 unspecified atom stereocenters. The summed E-state index contributed by atoms with van der Waals surface area (Å²) in [6.07, 6.45) is 7.15. The van der Waals surface area contributed by atoms with Crippen LogP contribution in [0.2, 0.25) is 0 Å². The van der Waals surface area contributed by atoms with Gasteiger partial charge in [0.15, 0.2) is 0 Å². The Balaban J connectivity index is 2.19. The SMILES string of the molecule is CCCNC(Cc1nccn1C)c1cc(OC)ncn1. The fourth-order valence-electron chi connectivity index (χ4n) is 2.03. The van der Waals surface area contributed by atoms with Crippen molar-refractivity contribution in [2.45, 2.75) is 25.8 Å². The van der Waals surface area contributed by atoms with Gasteiger partial charge in [-0.05, 0) is 13.0 Å². The van der Waals surface area contributed by atoms with E-state index in [1.165, 1.54) is 6.33 Å². The molecule has 0 radical (unpaired) electrons. The summed E-state index contributed by atoms with van der Waals surface area (Å²) in [6.45, 7) is 3.08. The van der Waals surface area contributed by atoms with Crippen LogP contribution >= 0.6 is 0 Å². The number of nitrogens with zero attached hydrogens (tertiary/aromatic N) is 4. The molecule has 1 atom stereocenters. The zero-order valence-corrected chi connectivity index (χ0v) is 12.2. The molecule has 2 aromatic rings. The number of methoxy groups -OCH3 is 1. The van der Waals surface area contributed by atoms with Crippen molar-refractivity contribution in [3.05, 3.63) is 36.3 Å². The predicted octanol–water partition coefficient (Wildman–Crippen LogP) is 1.50. The molecule has 2 rings (SSSR count). The summed E-state index contributed by atoms with van der Waals surface area (Å²) in [5, 5.41) is 3.50. The fourth-order valence-corrected chi connectivity index (χ4v) is 2.03. The molecule has 0 aliphatic heterocycles. The summed E-state index contributed by atoms with van der Waals surface area (Å²) >= 11 is 0. The van der Waals surface area contributed by atoms with Gasteiger partial charge >= 0.3 is 0 Å². The lowest BCUT2D eigenvalue weighted by Gasteiger charge is -2.18. The van der Waals surface area contributed by atoms with E-state index >= 15 is 0 Å². The highest BCUT2D eigenvalue weighted by Gasteiger charge is 2.16. The largest absolute Gasteiger partial charge is 0.481 e. The van der Waals surface area contributed by atoms with Gasteiger partial charge < -0.3 is 14.6 Å². The minimum atomic E-state index is 0.105. The van der Waals surface area contributed by atoms with Gasteiger partial charge in [0.05, 0.1) is 18.8 Å². The van der Waals surface area contributed by atoms with E-state index in [9.17, 15) is 0 Å². The first kappa shape index (κ1) is 14.5. The third-order valence-electron chi connectivity index (χ3n) is 3.18. The second kappa shape index (κ2) is 7.00. The van der Waals surface area contributed by atoms with Gasteiger partial charge in [-0.3, -0.25) is 0 Å². The number of hydrogen-bond donors (Lipinski definition) is 1. The number of ether oxygens (including phenoxy) is 1. The molecule has 0 aliphatic carbocycles. The first-order chi connectivity index (χ1) is 9.74. The first-order valence-electron chi connectivity index (χ1n) is 6.80. The van der Waals surface area contributed by atoms with E-state index in [0.717, 1.165) is 30.9 Å². The van der Waals surface area contributed by atoms with E-state index in [0.29, 0.717) is 5.88 Å². The normalized spacial score (nSPS) is 12.3. The van der Waals surface area contributed by atoms with Crippen LogP contribution in [0.1, 0.15) is 30.9 Å². The van der Waals surface area contributed by atoms with Crippen LogP contribution < -0.4 is 10.1 Å². The molecule has 0 fully saturated rings. The molecule has 0 saturated heterocycles. The number of hydrogen-bond acceptors (Lipinski definition) is 5. The molecule has 6 nitrogen and oxygen atoms in total. The number of rotatable bonds is 7. The van der Waals surface area contributed by atoms with Crippen molar-refractivity contribution in [1.29, 1.82) is 0 Å². The zero-order valence-electron chi connectivity index (χ0n) is 12.2. The Hall–Kier alpha value is -1.95. The average molecular weight is 275 g/mol. The van der Waals surface area contributed by atoms with Crippen LogP contribution in [0.15, 0.2) is 24.8 Å². The molecule has 0 bridgehead atoms. The van der Waals surface area contributed by atoms with E-state index in [2.05, 4.69) is 27.2 Å². The van der Waals surface area contributed by atoms with Gasteiger partial charge in [0, 0.05) is 31.9 Å². The van der Waals surface area contributed by atoms with Gasteiger partial charge in [0.25, 0.3) is 0 Å². The number of aromatic nitrogens is 4. The van der Waals surface area contributed by atoms with Gasteiger partial charge in [0.2, 0.25) is 5.88 Å². The van der Waals surface area contributed by atoms with Crippen molar-refractivity contribution >= 4 is 0 Å². The Bertz CT molecular complexity index is 540. The van der Waals surface area contributed by atoms with E-state index in [-0.39, 0.29) is 6.04 Å². The van der Waals surface area contributed by atoms with Gasteiger partial charge in [-0.25, -0.2) is 15.0 Å². The number of nitrogens with one attached hydrogen (secondary N) is 1. The van der Waals surface area contributed by atoms with Crippen molar-refractivity contribution in [3.63, 3.8) is 0 Å². The van der Waals surface area contributed by atoms with E-state index in [4.69, 9.17) is 4.74 Å². The Kier molecular flexibility index (Phi) is 5.06. The van der Waals surface area contributed by atoms with Crippen LogP contribution in [0.25, 0.3) is 0 Å². The molecule has 0 amide bonds. The second-order valence-corrected chi connectivity index (χ2v) is 4.65. The highest BCUT2D eigenvalue weighted by molar-refractivity contribution is 5.18. The van der Waals surface area contributed by atoms with Crippen molar-refractivity contribution in [3.8, 4) is 5.88 Å².